The SMILES string of the molecule is CN(Cc1ccccc1Br)Cc1nc(Cl)ccc1Cl. The third-order valence-corrected chi connectivity index (χ3v) is 4.03. The molecule has 100 valence electrons. The molecular weight excluding hydrogens is 347 g/mol. The molecule has 1 heterocycles. The van der Waals surface area contributed by atoms with Crippen LogP contribution in [-0.2, 0) is 13.1 Å². The molecule has 0 saturated carbocycles. The Balaban J connectivity index is 2.07. The van der Waals surface area contributed by atoms with Crippen molar-refractivity contribution in [2.75, 3.05) is 7.05 Å². The Kier molecular flexibility index (Phi) is 5.22. The van der Waals surface area contributed by atoms with E-state index in [2.05, 4.69) is 31.9 Å². The van der Waals surface area contributed by atoms with Gasteiger partial charge in [-0.2, -0.15) is 0 Å². The molecule has 0 amide bonds. The first-order chi connectivity index (χ1) is 9.06. The van der Waals surface area contributed by atoms with E-state index < -0.39 is 0 Å². The summed E-state index contributed by atoms with van der Waals surface area (Å²) in [5.41, 5.74) is 2.02. The highest BCUT2D eigenvalue weighted by molar-refractivity contribution is 9.10. The summed E-state index contributed by atoms with van der Waals surface area (Å²) in [4.78, 5) is 6.40. The lowest BCUT2D eigenvalue weighted by molar-refractivity contribution is 0.314. The summed E-state index contributed by atoms with van der Waals surface area (Å²) >= 11 is 15.6. The van der Waals surface area contributed by atoms with Gasteiger partial charge in [0.25, 0.3) is 0 Å². The second-order valence-corrected chi connectivity index (χ2v) is 5.97. The molecule has 2 nitrogen and oxygen atoms in total. The predicted octanol–water partition coefficient (Wildman–Crippen LogP) is 4.78. The molecule has 0 radical (unpaired) electrons. The molecule has 2 rings (SSSR count). The van der Waals surface area contributed by atoms with Crippen molar-refractivity contribution in [1.29, 1.82) is 0 Å². The highest BCUT2D eigenvalue weighted by Crippen LogP contribution is 2.21. The predicted molar refractivity (Wildman–Crippen MR) is 83.6 cm³/mol. The van der Waals surface area contributed by atoms with E-state index in [-0.39, 0.29) is 0 Å². The zero-order valence-electron chi connectivity index (χ0n) is 10.4. The van der Waals surface area contributed by atoms with Crippen LogP contribution >= 0.6 is 39.1 Å². The van der Waals surface area contributed by atoms with Gasteiger partial charge in [0, 0.05) is 17.6 Å². The maximum Gasteiger partial charge on any atom is 0.129 e. The number of hydrogen-bond donors (Lipinski definition) is 0. The van der Waals surface area contributed by atoms with Crippen molar-refractivity contribution in [3.63, 3.8) is 0 Å². The lowest BCUT2D eigenvalue weighted by Crippen LogP contribution is -2.18. The Morgan fingerprint density at radius 1 is 1.11 bits per heavy atom. The molecule has 1 aromatic heterocycles. The molecule has 0 spiro atoms. The number of aromatic nitrogens is 1. The minimum atomic E-state index is 0.466. The Morgan fingerprint density at radius 2 is 1.84 bits per heavy atom. The molecule has 0 aliphatic rings. The summed E-state index contributed by atoms with van der Waals surface area (Å²) in [7, 11) is 2.03. The standard InChI is InChI=1S/C14H13BrCl2N2/c1-19(8-10-4-2-3-5-11(10)15)9-13-12(16)6-7-14(17)18-13/h2-7H,8-9H2,1H3. The number of nitrogens with zero attached hydrogens (tertiary/aromatic N) is 2. The highest BCUT2D eigenvalue weighted by atomic mass is 79.9. The average Bonchev–Trinajstić information content (AvgIpc) is 2.37. The smallest absolute Gasteiger partial charge is 0.129 e. The van der Waals surface area contributed by atoms with E-state index in [4.69, 9.17) is 23.2 Å². The maximum absolute atomic E-state index is 6.12. The topological polar surface area (TPSA) is 16.1 Å². The van der Waals surface area contributed by atoms with Crippen LogP contribution in [0.4, 0.5) is 0 Å². The van der Waals surface area contributed by atoms with Crippen molar-refractivity contribution in [3.05, 3.63) is 62.3 Å². The van der Waals surface area contributed by atoms with Crippen molar-refractivity contribution in [3.8, 4) is 0 Å². The molecule has 0 unspecified atom stereocenters. The van der Waals surface area contributed by atoms with Crippen molar-refractivity contribution < 1.29 is 0 Å². The van der Waals surface area contributed by atoms with E-state index in [9.17, 15) is 0 Å². The highest BCUT2D eigenvalue weighted by Gasteiger charge is 2.08. The molecule has 5 heteroatoms. The van der Waals surface area contributed by atoms with Gasteiger partial charge in [0.15, 0.2) is 0 Å². The van der Waals surface area contributed by atoms with Gasteiger partial charge < -0.3 is 0 Å². The van der Waals surface area contributed by atoms with Crippen LogP contribution in [0.1, 0.15) is 11.3 Å². The van der Waals surface area contributed by atoms with Crippen LogP contribution in [0.5, 0.6) is 0 Å². The van der Waals surface area contributed by atoms with Gasteiger partial charge in [0.1, 0.15) is 5.15 Å². The fourth-order valence-corrected chi connectivity index (χ4v) is 2.54. The summed E-state index contributed by atoms with van der Waals surface area (Å²) in [6.07, 6.45) is 0. The van der Waals surface area contributed by atoms with Gasteiger partial charge in [-0.25, -0.2) is 4.98 Å². The Morgan fingerprint density at radius 3 is 2.58 bits per heavy atom. The Labute approximate surface area is 131 Å². The quantitative estimate of drug-likeness (QED) is 0.730. The van der Waals surface area contributed by atoms with Crippen LogP contribution in [0.2, 0.25) is 10.2 Å². The Hall–Kier alpha value is -0.610. The van der Waals surface area contributed by atoms with E-state index in [0.29, 0.717) is 16.7 Å². The number of pyridine rings is 1. The summed E-state index contributed by atoms with van der Waals surface area (Å²) in [6.45, 7) is 1.46. The van der Waals surface area contributed by atoms with Gasteiger partial charge in [-0.3, -0.25) is 4.90 Å². The van der Waals surface area contributed by atoms with Gasteiger partial charge in [-0.05, 0) is 30.8 Å². The number of benzene rings is 1. The first kappa shape index (κ1) is 14.8. The number of hydrogen-bond acceptors (Lipinski definition) is 2. The molecule has 1 aromatic carbocycles. The normalized spacial score (nSPS) is 11.0. The van der Waals surface area contributed by atoms with Crippen LogP contribution in [0.3, 0.4) is 0 Å². The third kappa shape index (κ3) is 4.18. The Bertz CT molecular complexity index is 575. The number of rotatable bonds is 4. The van der Waals surface area contributed by atoms with Crippen LogP contribution in [0, 0.1) is 0 Å². The maximum atomic E-state index is 6.12. The van der Waals surface area contributed by atoms with Crippen LogP contribution in [-0.4, -0.2) is 16.9 Å². The fraction of sp³-hybridized carbons (Fsp3) is 0.214. The second-order valence-electron chi connectivity index (χ2n) is 4.33. The van der Waals surface area contributed by atoms with Crippen molar-refractivity contribution in [2.24, 2.45) is 0 Å². The van der Waals surface area contributed by atoms with E-state index in [1.807, 2.05) is 25.2 Å². The second kappa shape index (κ2) is 6.71. The van der Waals surface area contributed by atoms with Gasteiger partial charge in [-0.15, -0.1) is 0 Å². The first-order valence-corrected chi connectivity index (χ1v) is 7.34. The van der Waals surface area contributed by atoms with Crippen molar-refractivity contribution >= 4 is 39.1 Å². The van der Waals surface area contributed by atoms with Crippen LogP contribution < -0.4 is 0 Å². The molecule has 0 atom stereocenters. The minimum Gasteiger partial charge on any atom is -0.296 e. The van der Waals surface area contributed by atoms with Crippen molar-refractivity contribution in [1.82, 2.24) is 9.88 Å². The van der Waals surface area contributed by atoms with Crippen molar-refractivity contribution in [2.45, 2.75) is 13.1 Å². The summed E-state index contributed by atoms with van der Waals surface area (Å²) in [5.74, 6) is 0. The zero-order valence-corrected chi connectivity index (χ0v) is 13.5. The van der Waals surface area contributed by atoms with Gasteiger partial charge in [0.05, 0.1) is 10.7 Å². The molecule has 0 saturated heterocycles. The lowest BCUT2D eigenvalue weighted by atomic mass is 10.2. The average molecular weight is 360 g/mol. The largest absolute Gasteiger partial charge is 0.296 e. The summed E-state index contributed by atoms with van der Waals surface area (Å²) in [6, 6.07) is 11.6. The third-order valence-electron chi connectivity index (χ3n) is 2.70. The van der Waals surface area contributed by atoms with E-state index >= 15 is 0 Å². The first-order valence-electron chi connectivity index (χ1n) is 5.79. The van der Waals surface area contributed by atoms with E-state index in [1.54, 1.807) is 12.1 Å². The van der Waals surface area contributed by atoms with E-state index in [1.165, 1.54) is 5.56 Å². The summed E-state index contributed by atoms with van der Waals surface area (Å²) in [5, 5.41) is 1.11. The molecule has 0 N–H and O–H groups in total. The fourth-order valence-electron chi connectivity index (χ4n) is 1.80. The number of halogens is 3. The molecular formula is C14H13BrCl2N2. The lowest BCUT2D eigenvalue weighted by Gasteiger charge is -2.17. The minimum absolute atomic E-state index is 0.466. The van der Waals surface area contributed by atoms with Gasteiger partial charge in [0.2, 0.25) is 0 Å². The van der Waals surface area contributed by atoms with E-state index in [0.717, 1.165) is 16.7 Å². The molecule has 19 heavy (non-hydrogen) atoms. The zero-order chi connectivity index (χ0) is 13.8. The van der Waals surface area contributed by atoms with Crippen LogP contribution in [0.15, 0.2) is 40.9 Å². The molecule has 0 aliphatic heterocycles. The molecule has 0 bridgehead atoms. The van der Waals surface area contributed by atoms with Gasteiger partial charge >= 0.3 is 0 Å². The molecule has 2 aromatic rings. The summed E-state index contributed by atoms with van der Waals surface area (Å²) < 4.78 is 1.10. The molecule has 0 fully saturated rings. The van der Waals surface area contributed by atoms with Crippen LogP contribution in [0.25, 0.3) is 0 Å². The monoisotopic (exact) mass is 358 g/mol. The molecule has 0 aliphatic carbocycles. The van der Waals surface area contributed by atoms with Gasteiger partial charge in [-0.1, -0.05) is 57.3 Å².